The Bertz CT molecular complexity index is 475. The molecule has 0 aliphatic heterocycles. The van der Waals surface area contributed by atoms with Gasteiger partial charge in [-0.25, -0.2) is 4.79 Å². The molecule has 1 aromatic rings. The third kappa shape index (κ3) is 3.57. The van der Waals surface area contributed by atoms with Crippen LogP contribution in [-0.4, -0.2) is 17.9 Å². The fourth-order valence-electron chi connectivity index (χ4n) is 1.82. The fourth-order valence-corrected chi connectivity index (χ4v) is 2.14. The van der Waals surface area contributed by atoms with Gasteiger partial charge in [0.2, 0.25) is 0 Å². The number of carbonyl (C=O) groups is 2. The molecule has 96 valence electrons. The molecule has 1 saturated carbocycles. The molecule has 2 rings (SSSR count). The van der Waals surface area contributed by atoms with Crippen LogP contribution in [0.2, 0.25) is 0 Å². The van der Waals surface area contributed by atoms with Crippen LogP contribution in [0, 0.1) is 0 Å². The van der Waals surface area contributed by atoms with E-state index in [4.69, 9.17) is 9.15 Å². The predicted molar refractivity (Wildman–Crippen MR) is 68.8 cm³/mol. The highest BCUT2D eigenvalue weighted by molar-refractivity contribution is 9.10. The first kappa shape index (κ1) is 13.1. The average Bonchev–Trinajstić information content (AvgIpc) is 2.76. The number of halogens is 1. The second-order valence-electron chi connectivity index (χ2n) is 4.11. The molecule has 0 amide bonds. The minimum atomic E-state index is -0.570. The number of ether oxygens (including phenoxy) is 1. The summed E-state index contributed by atoms with van der Waals surface area (Å²) in [4.78, 5) is 23.0. The summed E-state index contributed by atoms with van der Waals surface area (Å²) < 4.78 is 10.9. The van der Waals surface area contributed by atoms with E-state index in [-0.39, 0.29) is 5.78 Å². The van der Waals surface area contributed by atoms with Gasteiger partial charge in [-0.15, -0.1) is 0 Å². The highest BCUT2D eigenvalue weighted by Gasteiger charge is 2.24. The normalized spacial score (nSPS) is 20.3. The summed E-state index contributed by atoms with van der Waals surface area (Å²) in [5.74, 6) is 0.0558. The maximum Gasteiger partial charge on any atom is 0.331 e. The number of carbonyl (C=O) groups excluding carboxylic acids is 2. The number of rotatable bonds is 3. The maximum absolute atomic E-state index is 11.5. The topological polar surface area (TPSA) is 56.5 Å². The lowest BCUT2D eigenvalue weighted by molar-refractivity contribution is -0.152. The molecule has 5 heteroatoms. The molecule has 1 aliphatic carbocycles. The van der Waals surface area contributed by atoms with Gasteiger partial charge >= 0.3 is 5.97 Å². The summed E-state index contributed by atoms with van der Waals surface area (Å²) in [5, 5.41) is 0. The number of hydrogen-bond acceptors (Lipinski definition) is 4. The highest BCUT2D eigenvalue weighted by atomic mass is 79.9. The van der Waals surface area contributed by atoms with Gasteiger partial charge in [0, 0.05) is 12.5 Å². The number of hydrogen-bond donors (Lipinski definition) is 0. The molecular weight excluding hydrogens is 300 g/mol. The summed E-state index contributed by atoms with van der Waals surface area (Å²) in [6, 6.07) is 3.45. The third-order valence-electron chi connectivity index (χ3n) is 2.73. The van der Waals surface area contributed by atoms with Gasteiger partial charge in [0.05, 0.1) is 0 Å². The molecule has 18 heavy (non-hydrogen) atoms. The van der Waals surface area contributed by atoms with Crippen molar-refractivity contribution in [2.24, 2.45) is 0 Å². The van der Waals surface area contributed by atoms with Gasteiger partial charge in [0.25, 0.3) is 0 Å². The molecule has 1 fully saturated rings. The number of ketones is 1. The first-order valence-electron chi connectivity index (χ1n) is 5.82. The van der Waals surface area contributed by atoms with Gasteiger partial charge in [-0.3, -0.25) is 4.79 Å². The van der Waals surface area contributed by atoms with Crippen molar-refractivity contribution in [1.29, 1.82) is 0 Å². The second kappa shape index (κ2) is 6.00. The van der Waals surface area contributed by atoms with Gasteiger partial charge in [0.15, 0.2) is 16.6 Å². The molecule has 0 aromatic carbocycles. The Morgan fingerprint density at radius 3 is 2.94 bits per heavy atom. The van der Waals surface area contributed by atoms with Gasteiger partial charge in [-0.05, 0) is 53.4 Å². The Morgan fingerprint density at radius 1 is 1.44 bits per heavy atom. The smallest absolute Gasteiger partial charge is 0.331 e. The summed E-state index contributed by atoms with van der Waals surface area (Å²) in [7, 11) is 0. The van der Waals surface area contributed by atoms with Crippen molar-refractivity contribution >= 4 is 33.8 Å². The molecule has 1 heterocycles. The van der Waals surface area contributed by atoms with E-state index in [1.165, 1.54) is 12.2 Å². The number of furan rings is 1. The largest absolute Gasteiger partial charge is 0.451 e. The first-order chi connectivity index (χ1) is 8.65. The average molecular weight is 313 g/mol. The molecule has 0 spiro atoms. The Morgan fingerprint density at radius 2 is 2.28 bits per heavy atom. The van der Waals surface area contributed by atoms with Crippen LogP contribution in [0.5, 0.6) is 0 Å². The molecule has 4 nitrogen and oxygen atoms in total. The van der Waals surface area contributed by atoms with Crippen LogP contribution in [0.3, 0.4) is 0 Å². The quantitative estimate of drug-likeness (QED) is 0.635. The molecule has 0 N–H and O–H groups in total. The van der Waals surface area contributed by atoms with E-state index in [1.54, 1.807) is 12.1 Å². The van der Waals surface area contributed by atoms with Crippen molar-refractivity contribution in [2.45, 2.75) is 31.8 Å². The highest BCUT2D eigenvalue weighted by Crippen LogP contribution is 2.18. The monoisotopic (exact) mass is 312 g/mol. The summed E-state index contributed by atoms with van der Waals surface area (Å²) in [5.41, 5.74) is 0. The van der Waals surface area contributed by atoms with Crippen molar-refractivity contribution in [1.82, 2.24) is 0 Å². The third-order valence-corrected chi connectivity index (χ3v) is 3.16. The molecule has 1 aliphatic rings. The van der Waals surface area contributed by atoms with Crippen LogP contribution in [0.25, 0.3) is 6.08 Å². The molecular formula is C13H13BrO4. The molecule has 1 aromatic heterocycles. The Hall–Kier alpha value is -1.36. The summed E-state index contributed by atoms with van der Waals surface area (Å²) in [6.07, 6.45) is 5.17. The Balaban J connectivity index is 1.88. The van der Waals surface area contributed by atoms with E-state index in [1.807, 2.05) is 0 Å². The van der Waals surface area contributed by atoms with Crippen LogP contribution in [-0.2, 0) is 14.3 Å². The summed E-state index contributed by atoms with van der Waals surface area (Å²) >= 11 is 3.17. The molecule has 0 unspecified atom stereocenters. The van der Waals surface area contributed by atoms with Crippen LogP contribution in [0.1, 0.15) is 31.4 Å². The molecule has 0 bridgehead atoms. The molecule has 0 saturated heterocycles. The maximum atomic E-state index is 11.5. The lowest BCUT2D eigenvalue weighted by Crippen LogP contribution is -2.29. The van der Waals surface area contributed by atoms with E-state index in [2.05, 4.69) is 15.9 Å². The lowest BCUT2D eigenvalue weighted by Gasteiger charge is -2.19. The molecule has 0 radical (unpaired) electrons. The van der Waals surface area contributed by atoms with Gasteiger partial charge in [-0.2, -0.15) is 0 Å². The van der Waals surface area contributed by atoms with Crippen molar-refractivity contribution in [3.05, 3.63) is 28.6 Å². The van der Waals surface area contributed by atoms with E-state index in [0.29, 0.717) is 23.3 Å². The zero-order valence-electron chi connectivity index (χ0n) is 9.73. The van der Waals surface area contributed by atoms with E-state index >= 15 is 0 Å². The van der Waals surface area contributed by atoms with Gasteiger partial charge in [0.1, 0.15) is 5.76 Å². The van der Waals surface area contributed by atoms with Crippen LogP contribution in [0.15, 0.2) is 27.3 Å². The zero-order valence-corrected chi connectivity index (χ0v) is 11.3. The first-order valence-corrected chi connectivity index (χ1v) is 6.61. The molecule has 1 atom stereocenters. The Labute approximate surface area is 113 Å². The fraction of sp³-hybridized carbons (Fsp3) is 0.385. The Kier molecular flexibility index (Phi) is 4.36. The van der Waals surface area contributed by atoms with Crippen LogP contribution in [0.4, 0.5) is 0 Å². The lowest BCUT2D eigenvalue weighted by atomic mass is 9.96. The van der Waals surface area contributed by atoms with E-state index in [0.717, 1.165) is 12.8 Å². The summed E-state index contributed by atoms with van der Waals surface area (Å²) in [6.45, 7) is 0. The van der Waals surface area contributed by atoms with Crippen LogP contribution >= 0.6 is 15.9 Å². The van der Waals surface area contributed by atoms with Crippen molar-refractivity contribution in [3.63, 3.8) is 0 Å². The van der Waals surface area contributed by atoms with E-state index < -0.39 is 12.1 Å². The van der Waals surface area contributed by atoms with Gasteiger partial charge < -0.3 is 9.15 Å². The van der Waals surface area contributed by atoms with Crippen molar-refractivity contribution in [2.75, 3.05) is 0 Å². The van der Waals surface area contributed by atoms with Gasteiger partial charge in [-0.1, -0.05) is 0 Å². The number of esters is 1. The second-order valence-corrected chi connectivity index (χ2v) is 4.89. The number of Topliss-reactive ketones (excluding diaryl/α,β-unsaturated/α-hetero) is 1. The SMILES string of the molecule is O=C(/C=C/c1ccc(Br)o1)O[C@H]1CCCCC1=O. The van der Waals surface area contributed by atoms with Crippen LogP contribution < -0.4 is 0 Å². The van der Waals surface area contributed by atoms with Crippen molar-refractivity contribution < 1.29 is 18.7 Å². The van der Waals surface area contributed by atoms with E-state index in [9.17, 15) is 9.59 Å². The standard InChI is InChI=1S/C13H13BrO4/c14-12-7-5-9(17-12)6-8-13(16)18-11-4-2-1-3-10(11)15/h5-8,11H,1-4H2/b8-6+/t11-/m0/s1. The van der Waals surface area contributed by atoms with Crippen molar-refractivity contribution in [3.8, 4) is 0 Å². The minimum Gasteiger partial charge on any atom is -0.451 e. The predicted octanol–water partition coefficient (Wildman–Crippen LogP) is 3.11. The zero-order chi connectivity index (χ0) is 13.0. The minimum absolute atomic E-state index is 0.0174.